The first-order valence-electron chi connectivity index (χ1n) is 5.20. The van der Waals surface area contributed by atoms with Gasteiger partial charge in [-0.2, -0.15) is 0 Å². The molecule has 0 bridgehead atoms. The zero-order chi connectivity index (χ0) is 11.6. The SMILES string of the molecule is C=CCN1C(=O)C(C)NC(=O)C1(C)CC. The Kier molecular flexibility index (Phi) is 3.17. The average molecular weight is 210 g/mol. The van der Waals surface area contributed by atoms with Crippen molar-refractivity contribution in [3.8, 4) is 0 Å². The predicted octanol–water partition coefficient (Wildman–Crippen LogP) is 0.688. The van der Waals surface area contributed by atoms with Gasteiger partial charge in [-0.05, 0) is 20.3 Å². The van der Waals surface area contributed by atoms with E-state index in [1.807, 2.05) is 6.92 Å². The van der Waals surface area contributed by atoms with Gasteiger partial charge >= 0.3 is 0 Å². The number of amides is 2. The van der Waals surface area contributed by atoms with Crippen LogP contribution in [0.15, 0.2) is 12.7 Å². The van der Waals surface area contributed by atoms with Gasteiger partial charge in [-0.15, -0.1) is 6.58 Å². The van der Waals surface area contributed by atoms with Crippen LogP contribution in [0.1, 0.15) is 27.2 Å². The van der Waals surface area contributed by atoms with Gasteiger partial charge in [0.2, 0.25) is 11.8 Å². The van der Waals surface area contributed by atoms with E-state index in [1.165, 1.54) is 0 Å². The minimum absolute atomic E-state index is 0.0427. The second-order valence-corrected chi connectivity index (χ2v) is 4.06. The van der Waals surface area contributed by atoms with E-state index in [0.29, 0.717) is 13.0 Å². The summed E-state index contributed by atoms with van der Waals surface area (Å²) < 4.78 is 0. The first kappa shape index (κ1) is 11.8. The Morgan fingerprint density at radius 1 is 1.60 bits per heavy atom. The maximum atomic E-state index is 11.9. The molecule has 1 aliphatic heterocycles. The lowest BCUT2D eigenvalue weighted by molar-refractivity contribution is -0.155. The lowest BCUT2D eigenvalue weighted by atomic mass is 9.91. The summed E-state index contributed by atoms with van der Waals surface area (Å²) in [7, 11) is 0. The smallest absolute Gasteiger partial charge is 0.246 e. The van der Waals surface area contributed by atoms with Crippen LogP contribution in [0.3, 0.4) is 0 Å². The van der Waals surface area contributed by atoms with Gasteiger partial charge in [-0.1, -0.05) is 13.0 Å². The fourth-order valence-electron chi connectivity index (χ4n) is 1.79. The van der Waals surface area contributed by atoms with Crippen LogP contribution in [0.5, 0.6) is 0 Å². The predicted molar refractivity (Wildman–Crippen MR) is 58.2 cm³/mol. The maximum Gasteiger partial charge on any atom is 0.246 e. The molecule has 4 heteroatoms. The van der Waals surface area contributed by atoms with Gasteiger partial charge in [-0.3, -0.25) is 9.59 Å². The van der Waals surface area contributed by atoms with Gasteiger partial charge in [0, 0.05) is 6.54 Å². The number of carbonyl (C=O) groups is 2. The molecule has 0 aromatic carbocycles. The Morgan fingerprint density at radius 3 is 2.67 bits per heavy atom. The van der Waals surface area contributed by atoms with Crippen LogP contribution in [0.4, 0.5) is 0 Å². The van der Waals surface area contributed by atoms with Crippen LogP contribution in [0, 0.1) is 0 Å². The van der Waals surface area contributed by atoms with Crippen LogP contribution in [-0.2, 0) is 9.59 Å². The van der Waals surface area contributed by atoms with Crippen molar-refractivity contribution in [2.24, 2.45) is 0 Å². The molecule has 0 aliphatic carbocycles. The minimum Gasteiger partial charge on any atom is -0.343 e. The summed E-state index contributed by atoms with van der Waals surface area (Å²) in [6.45, 7) is 9.42. The molecular formula is C11H18N2O2. The van der Waals surface area contributed by atoms with E-state index < -0.39 is 11.6 Å². The highest BCUT2D eigenvalue weighted by Gasteiger charge is 2.46. The second-order valence-electron chi connectivity index (χ2n) is 4.06. The van der Waals surface area contributed by atoms with Crippen molar-refractivity contribution in [1.29, 1.82) is 0 Å². The average Bonchev–Trinajstić information content (AvgIpc) is 2.21. The molecule has 1 fully saturated rings. The third-order valence-electron chi connectivity index (χ3n) is 3.07. The Labute approximate surface area is 90.3 Å². The fourth-order valence-corrected chi connectivity index (χ4v) is 1.79. The first-order chi connectivity index (χ1) is 6.97. The molecule has 2 amide bonds. The molecule has 2 atom stereocenters. The lowest BCUT2D eigenvalue weighted by Gasteiger charge is -2.44. The molecule has 1 aliphatic rings. The van der Waals surface area contributed by atoms with Gasteiger partial charge in [0.25, 0.3) is 0 Å². The van der Waals surface area contributed by atoms with E-state index in [-0.39, 0.29) is 11.8 Å². The summed E-state index contributed by atoms with van der Waals surface area (Å²) in [5.74, 6) is -0.127. The molecule has 0 aromatic heterocycles. The lowest BCUT2D eigenvalue weighted by Crippen LogP contribution is -2.68. The van der Waals surface area contributed by atoms with E-state index in [1.54, 1.807) is 24.8 Å². The molecule has 0 radical (unpaired) electrons. The van der Waals surface area contributed by atoms with Crippen LogP contribution < -0.4 is 5.32 Å². The molecule has 1 heterocycles. The van der Waals surface area contributed by atoms with E-state index in [9.17, 15) is 9.59 Å². The van der Waals surface area contributed by atoms with E-state index >= 15 is 0 Å². The quantitative estimate of drug-likeness (QED) is 0.697. The topological polar surface area (TPSA) is 49.4 Å². The molecule has 1 rings (SSSR count). The number of hydrogen-bond acceptors (Lipinski definition) is 2. The van der Waals surface area contributed by atoms with Crippen molar-refractivity contribution in [3.63, 3.8) is 0 Å². The zero-order valence-corrected chi connectivity index (χ0v) is 9.54. The van der Waals surface area contributed by atoms with Crippen molar-refractivity contribution >= 4 is 11.8 Å². The Balaban J connectivity index is 3.05. The highest BCUT2D eigenvalue weighted by Crippen LogP contribution is 2.24. The van der Waals surface area contributed by atoms with Crippen LogP contribution in [0.25, 0.3) is 0 Å². The molecule has 84 valence electrons. The summed E-state index contributed by atoms with van der Waals surface area (Å²) in [6.07, 6.45) is 2.25. The van der Waals surface area contributed by atoms with Crippen molar-refractivity contribution in [1.82, 2.24) is 10.2 Å². The first-order valence-corrected chi connectivity index (χ1v) is 5.20. The highest BCUT2D eigenvalue weighted by molar-refractivity contribution is 5.99. The molecule has 0 aromatic rings. The molecule has 2 unspecified atom stereocenters. The summed E-state index contributed by atoms with van der Waals surface area (Å²) in [6, 6.07) is -0.433. The molecule has 15 heavy (non-hydrogen) atoms. The third-order valence-corrected chi connectivity index (χ3v) is 3.07. The Bertz CT molecular complexity index is 301. The Morgan fingerprint density at radius 2 is 2.20 bits per heavy atom. The summed E-state index contributed by atoms with van der Waals surface area (Å²) >= 11 is 0. The van der Waals surface area contributed by atoms with E-state index in [2.05, 4.69) is 11.9 Å². The number of carbonyl (C=O) groups excluding carboxylic acids is 2. The van der Waals surface area contributed by atoms with Crippen molar-refractivity contribution in [2.75, 3.05) is 6.54 Å². The van der Waals surface area contributed by atoms with Crippen molar-refractivity contribution in [2.45, 2.75) is 38.8 Å². The second kappa shape index (κ2) is 4.04. The summed E-state index contributed by atoms with van der Waals surface area (Å²) in [4.78, 5) is 25.3. The number of rotatable bonds is 3. The molecular weight excluding hydrogens is 192 g/mol. The standard InChI is InChI=1S/C11H18N2O2/c1-5-7-13-9(14)8(3)12-10(15)11(13,4)6-2/h5,8H,1,6-7H2,2-4H3,(H,12,15). The van der Waals surface area contributed by atoms with Gasteiger partial charge in [0.1, 0.15) is 11.6 Å². The van der Waals surface area contributed by atoms with Crippen molar-refractivity contribution in [3.05, 3.63) is 12.7 Å². The van der Waals surface area contributed by atoms with Crippen molar-refractivity contribution < 1.29 is 9.59 Å². The molecule has 4 nitrogen and oxygen atoms in total. The van der Waals surface area contributed by atoms with Gasteiger partial charge in [-0.25, -0.2) is 0 Å². The normalized spacial score (nSPS) is 31.4. The molecule has 0 spiro atoms. The number of nitrogens with one attached hydrogen (secondary N) is 1. The summed E-state index contributed by atoms with van der Waals surface area (Å²) in [5, 5.41) is 2.69. The number of hydrogen-bond donors (Lipinski definition) is 1. The van der Waals surface area contributed by atoms with Gasteiger partial charge in [0.05, 0.1) is 0 Å². The Hall–Kier alpha value is -1.32. The minimum atomic E-state index is -0.738. The monoisotopic (exact) mass is 210 g/mol. The van der Waals surface area contributed by atoms with Crippen LogP contribution >= 0.6 is 0 Å². The molecule has 1 N–H and O–H groups in total. The van der Waals surface area contributed by atoms with Crippen LogP contribution in [-0.4, -0.2) is 34.8 Å². The van der Waals surface area contributed by atoms with Crippen LogP contribution in [0.2, 0.25) is 0 Å². The van der Waals surface area contributed by atoms with Gasteiger partial charge in [0.15, 0.2) is 0 Å². The van der Waals surface area contributed by atoms with Gasteiger partial charge < -0.3 is 10.2 Å². The molecule has 0 saturated carbocycles. The molecule has 1 saturated heterocycles. The fraction of sp³-hybridized carbons (Fsp3) is 0.636. The zero-order valence-electron chi connectivity index (χ0n) is 9.54. The highest BCUT2D eigenvalue weighted by atomic mass is 16.2. The third kappa shape index (κ3) is 1.76. The number of piperazine rings is 1. The number of nitrogens with zero attached hydrogens (tertiary/aromatic N) is 1. The van der Waals surface area contributed by atoms with E-state index in [4.69, 9.17) is 0 Å². The maximum absolute atomic E-state index is 11.9. The summed E-state index contributed by atoms with van der Waals surface area (Å²) in [5.41, 5.74) is -0.738. The largest absolute Gasteiger partial charge is 0.343 e. The van der Waals surface area contributed by atoms with E-state index in [0.717, 1.165) is 0 Å².